The van der Waals surface area contributed by atoms with Gasteiger partial charge in [0.2, 0.25) is 0 Å². The largest absolute Gasteiger partial charge is 0.390 e. The van der Waals surface area contributed by atoms with Gasteiger partial charge >= 0.3 is 0 Å². The quantitative estimate of drug-likeness (QED) is 0.844. The van der Waals surface area contributed by atoms with Crippen LogP contribution in [0.4, 0.5) is 5.82 Å². The SMILES string of the molecule is CC1(O)CCCN(c2ccc(Cl)c(CO)n2)C1. The molecule has 1 aliphatic rings. The number of pyridine rings is 1. The van der Waals surface area contributed by atoms with Crippen LogP contribution in [0.1, 0.15) is 25.5 Å². The Balaban J connectivity index is 2.22. The molecule has 2 heterocycles. The molecule has 2 rings (SSSR count). The Hall–Kier alpha value is -0.840. The highest BCUT2D eigenvalue weighted by molar-refractivity contribution is 6.31. The maximum absolute atomic E-state index is 10.0. The molecule has 17 heavy (non-hydrogen) atoms. The van der Waals surface area contributed by atoms with Gasteiger partial charge in [0, 0.05) is 13.1 Å². The lowest BCUT2D eigenvalue weighted by Crippen LogP contribution is -2.46. The summed E-state index contributed by atoms with van der Waals surface area (Å²) in [6.07, 6.45) is 1.75. The average Bonchev–Trinajstić information content (AvgIpc) is 2.28. The van der Waals surface area contributed by atoms with Gasteiger partial charge in [0.05, 0.1) is 22.9 Å². The summed E-state index contributed by atoms with van der Waals surface area (Å²) < 4.78 is 0. The molecule has 0 aromatic carbocycles. The van der Waals surface area contributed by atoms with E-state index in [1.807, 2.05) is 17.9 Å². The molecule has 1 atom stereocenters. The number of β-amino-alcohol motifs (C(OH)–C–C–N with tert-alkyl or cyclic N) is 1. The first-order valence-electron chi connectivity index (χ1n) is 5.75. The summed E-state index contributed by atoms with van der Waals surface area (Å²) in [5.74, 6) is 0.762. The van der Waals surface area contributed by atoms with Crippen LogP contribution in [0.25, 0.3) is 0 Å². The molecule has 1 aromatic rings. The van der Waals surface area contributed by atoms with Crippen molar-refractivity contribution in [3.63, 3.8) is 0 Å². The second kappa shape index (κ2) is 4.80. The molecule has 1 saturated heterocycles. The molecule has 2 N–H and O–H groups in total. The number of aromatic nitrogens is 1. The van der Waals surface area contributed by atoms with Gasteiger partial charge in [-0.15, -0.1) is 0 Å². The predicted molar refractivity (Wildman–Crippen MR) is 67.2 cm³/mol. The Morgan fingerprint density at radius 3 is 2.94 bits per heavy atom. The van der Waals surface area contributed by atoms with E-state index >= 15 is 0 Å². The van der Waals surface area contributed by atoms with Gasteiger partial charge in [-0.3, -0.25) is 0 Å². The zero-order valence-corrected chi connectivity index (χ0v) is 10.6. The minimum atomic E-state index is -0.668. The lowest BCUT2D eigenvalue weighted by atomic mass is 9.95. The third kappa shape index (κ3) is 2.89. The number of anilines is 1. The average molecular weight is 257 g/mol. The van der Waals surface area contributed by atoms with E-state index in [9.17, 15) is 5.11 Å². The fraction of sp³-hybridized carbons (Fsp3) is 0.583. The summed E-state index contributed by atoms with van der Waals surface area (Å²) in [5.41, 5.74) is -0.187. The lowest BCUT2D eigenvalue weighted by Gasteiger charge is -2.37. The van der Waals surface area contributed by atoms with Crippen molar-refractivity contribution in [3.05, 3.63) is 22.8 Å². The van der Waals surface area contributed by atoms with Crippen molar-refractivity contribution in [3.8, 4) is 0 Å². The molecular formula is C12H17ClN2O2. The molecule has 1 fully saturated rings. The molecule has 94 valence electrons. The van der Waals surface area contributed by atoms with Crippen LogP contribution >= 0.6 is 11.6 Å². The summed E-state index contributed by atoms with van der Waals surface area (Å²) >= 11 is 5.90. The smallest absolute Gasteiger partial charge is 0.129 e. The number of hydrogen-bond acceptors (Lipinski definition) is 4. The molecule has 0 aliphatic carbocycles. The van der Waals surface area contributed by atoms with Gasteiger partial charge in [0.15, 0.2) is 0 Å². The minimum Gasteiger partial charge on any atom is -0.390 e. The van der Waals surface area contributed by atoms with E-state index < -0.39 is 5.60 Å². The van der Waals surface area contributed by atoms with Gasteiger partial charge in [0.1, 0.15) is 5.82 Å². The van der Waals surface area contributed by atoms with Crippen molar-refractivity contribution in [2.45, 2.75) is 32.0 Å². The molecule has 0 spiro atoms. The van der Waals surface area contributed by atoms with Crippen LogP contribution in [0.5, 0.6) is 0 Å². The standard InChI is InChI=1S/C12H17ClN2O2/c1-12(17)5-2-6-15(8-12)11-4-3-9(13)10(7-16)14-11/h3-4,16-17H,2,5-8H2,1H3. The minimum absolute atomic E-state index is 0.170. The number of aliphatic hydroxyl groups is 2. The fourth-order valence-corrected chi connectivity index (χ4v) is 2.34. The first kappa shape index (κ1) is 12.6. The van der Waals surface area contributed by atoms with Gasteiger partial charge in [0.25, 0.3) is 0 Å². The van der Waals surface area contributed by atoms with E-state index in [0.29, 0.717) is 17.3 Å². The first-order chi connectivity index (χ1) is 8.02. The number of aliphatic hydroxyl groups excluding tert-OH is 1. The summed E-state index contributed by atoms with van der Waals surface area (Å²) in [6, 6.07) is 3.56. The molecule has 4 nitrogen and oxygen atoms in total. The van der Waals surface area contributed by atoms with Crippen molar-refractivity contribution >= 4 is 17.4 Å². The Morgan fingerprint density at radius 1 is 1.53 bits per heavy atom. The van der Waals surface area contributed by atoms with E-state index in [-0.39, 0.29) is 6.61 Å². The Bertz CT molecular complexity index is 409. The molecule has 1 unspecified atom stereocenters. The van der Waals surface area contributed by atoms with Crippen LogP contribution in [-0.4, -0.2) is 33.9 Å². The second-order valence-electron chi connectivity index (χ2n) is 4.78. The molecular weight excluding hydrogens is 240 g/mol. The Kier molecular flexibility index (Phi) is 3.56. The number of hydrogen-bond donors (Lipinski definition) is 2. The number of nitrogens with zero attached hydrogens (tertiary/aromatic N) is 2. The van der Waals surface area contributed by atoms with E-state index in [2.05, 4.69) is 4.98 Å². The summed E-state index contributed by atoms with van der Waals surface area (Å²) in [4.78, 5) is 6.34. The Morgan fingerprint density at radius 2 is 2.29 bits per heavy atom. The molecule has 0 amide bonds. The van der Waals surface area contributed by atoms with E-state index in [1.165, 1.54) is 0 Å². The summed E-state index contributed by atoms with van der Waals surface area (Å²) in [5, 5.41) is 19.6. The van der Waals surface area contributed by atoms with Crippen LogP contribution < -0.4 is 4.90 Å². The molecule has 0 saturated carbocycles. The van der Waals surface area contributed by atoms with Crippen LogP contribution in [0.2, 0.25) is 5.02 Å². The topological polar surface area (TPSA) is 56.6 Å². The van der Waals surface area contributed by atoms with Crippen LogP contribution in [0.15, 0.2) is 12.1 Å². The van der Waals surface area contributed by atoms with Crippen molar-refractivity contribution < 1.29 is 10.2 Å². The summed E-state index contributed by atoms with van der Waals surface area (Å²) in [6.45, 7) is 3.10. The van der Waals surface area contributed by atoms with Crippen LogP contribution in [0, 0.1) is 0 Å². The van der Waals surface area contributed by atoms with Crippen molar-refractivity contribution in [1.82, 2.24) is 4.98 Å². The number of rotatable bonds is 2. The summed E-state index contributed by atoms with van der Waals surface area (Å²) in [7, 11) is 0. The first-order valence-corrected chi connectivity index (χ1v) is 6.13. The lowest BCUT2D eigenvalue weighted by molar-refractivity contribution is 0.0447. The van der Waals surface area contributed by atoms with Gasteiger partial charge in [-0.2, -0.15) is 0 Å². The van der Waals surface area contributed by atoms with Crippen molar-refractivity contribution in [1.29, 1.82) is 0 Å². The normalized spacial score (nSPS) is 25.1. The van der Waals surface area contributed by atoms with E-state index in [0.717, 1.165) is 25.2 Å². The second-order valence-corrected chi connectivity index (χ2v) is 5.19. The Labute approximate surface area is 106 Å². The van der Waals surface area contributed by atoms with Gasteiger partial charge in [-0.1, -0.05) is 11.6 Å². The van der Waals surface area contributed by atoms with Gasteiger partial charge < -0.3 is 15.1 Å². The third-order valence-corrected chi connectivity index (χ3v) is 3.40. The van der Waals surface area contributed by atoms with Crippen LogP contribution in [0.3, 0.4) is 0 Å². The van der Waals surface area contributed by atoms with Gasteiger partial charge in [-0.05, 0) is 31.9 Å². The van der Waals surface area contributed by atoms with Crippen LogP contribution in [-0.2, 0) is 6.61 Å². The number of piperidine rings is 1. The zero-order valence-electron chi connectivity index (χ0n) is 9.86. The maximum Gasteiger partial charge on any atom is 0.129 e. The predicted octanol–water partition coefficient (Wildman–Crippen LogP) is 1.58. The van der Waals surface area contributed by atoms with Crippen molar-refractivity contribution in [2.24, 2.45) is 0 Å². The highest BCUT2D eigenvalue weighted by atomic mass is 35.5. The third-order valence-electron chi connectivity index (χ3n) is 3.05. The monoisotopic (exact) mass is 256 g/mol. The van der Waals surface area contributed by atoms with Gasteiger partial charge in [-0.25, -0.2) is 4.98 Å². The molecule has 1 aliphatic heterocycles. The highest BCUT2D eigenvalue weighted by Gasteiger charge is 2.29. The maximum atomic E-state index is 10.0. The zero-order chi connectivity index (χ0) is 12.5. The molecule has 0 bridgehead atoms. The number of halogens is 1. The fourth-order valence-electron chi connectivity index (χ4n) is 2.18. The highest BCUT2D eigenvalue weighted by Crippen LogP contribution is 2.26. The molecule has 5 heteroatoms. The van der Waals surface area contributed by atoms with Crippen molar-refractivity contribution in [2.75, 3.05) is 18.0 Å². The van der Waals surface area contributed by atoms with E-state index in [4.69, 9.17) is 16.7 Å². The van der Waals surface area contributed by atoms with E-state index in [1.54, 1.807) is 6.07 Å². The molecule has 0 radical (unpaired) electrons. The molecule has 1 aromatic heterocycles.